The van der Waals surface area contributed by atoms with Gasteiger partial charge in [0, 0.05) is 17.6 Å². The first-order valence-corrected chi connectivity index (χ1v) is 8.97. The van der Waals surface area contributed by atoms with Gasteiger partial charge in [-0.05, 0) is 32.1 Å². The zero-order valence-corrected chi connectivity index (χ0v) is 16.6. The van der Waals surface area contributed by atoms with Gasteiger partial charge in [0.15, 0.2) is 5.78 Å². The van der Waals surface area contributed by atoms with Crippen LogP contribution in [0.25, 0.3) is 0 Å². The molecule has 150 valence electrons. The van der Waals surface area contributed by atoms with Crippen LogP contribution in [0.2, 0.25) is 5.02 Å². The molecule has 1 aliphatic heterocycles. The number of allylic oxidation sites excluding steroid dienone is 4. The van der Waals surface area contributed by atoms with Crippen molar-refractivity contribution < 1.29 is 27.2 Å². The third-order valence-corrected chi connectivity index (χ3v) is 5.52. The van der Waals surface area contributed by atoms with Crippen molar-refractivity contribution in [2.24, 2.45) is 0 Å². The van der Waals surface area contributed by atoms with E-state index in [0.717, 1.165) is 24.9 Å². The number of thioether (sulfide) groups is 1. The molecule has 0 N–H and O–H groups in total. The summed E-state index contributed by atoms with van der Waals surface area (Å²) in [6.07, 6.45) is -2.58. The number of halogens is 5. The van der Waals surface area contributed by atoms with Crippen LogP contribution < -0.4 is 4.90 Å². The molecule has 0 bridgehead atoms. The Morgan fingerprint density at radius 1 is 1.32 bits per heavy atom. The van der Waals surface area contributed by atoms with Crippen LogP contribution in [-0.2, 0) is 4.79 Å². The molecule has 0 saturated heterocycles. The summed E-state index contributed by atoms with van der Waals surface area (Å²) in [7, 11) is 0.929. The standard InChI is InChI=1S/C18H15ClF4N2O2S/c1-5-14(10(3)26)28-15-8-13(12(20)7-11(15)19)25-9(2)6-16(18(21,22)23)24(4)17(25)27/h5-8H,2H2,1,3-4H3. The molecular formula is C18H15ClF4N2O2S. The maximum absolute atomic E-state index is 14.5. The number of carbonyl (C=O) groups is 2. The number of Topliss-reactive ketones (excluding diaryl/α,β-unsaturated/α-hetero) is 1. The molecule has 0 saturated carbocycles. The lowest BCUT2D eigenvalue weighted by molar-refractivity contribution is -0.113. The van der Waals surface area contributed by atoms with E-state index in [1.54, 1.807) is 13.0 Å². The summed E-state index contributed by atoms with van der Waals surface area (Å²) >= 11 is 6.99. The maximum Gasteiger partial charge on any atom is 0.431 e. The topological polar surface area (TPSA) is 40.6 Å². The highest BCUT2D eigenvalue weighted by molar-refractivity contribution is 8.04. The highest BCUT2D eigenvalue weighted by atomic mass is 35.5. The van der Waals surface area contributed by atoms with Gasteiger partial charge in [0.05, 0.1) is 15.6 Å². The molecule has 0 aliphatic carbocycles. The number of nitrogens with zero attached hydrogens (tertiary/aromatic N) is 2. The summed E-state index contributed by atoms with van der Waals surface area (Å²) in [5.74, 6) is -1.17. The molecule has 0 spiro atoms. The first-order chi connectivity index (χ1) is 12.9. The van der Waals surface area contributed by atoms with Crippen LogP contribution in [0.1, 0.15) is 13.8 Å². The Morgan fingerprint density at radius 3 is 2.43 bits per heavy atom. The van der Waals surface area contributed by atoms with E-state index in [4.69, 9.17) is 11.6 Å². The second-order valence-electron chi connectivity index (χ2n) is 5.74. The molecule has 0 atom stereocenters. The van der Waals surface area contributed by atoms with E-state index < -0.39 is 23.7 Å². The fraction of sp³-hybridized carbons (Fsp3) is 0.222. The van der Waals surface area contributed by atoms with Crippen LogP contribution in [0.4, 0.5) is 28.0 Å². The Balaban J connectivity index is 2.55. The highest BCUT2D eigenvalue weighted by Gasteiger charge is 2.43. The van der Waals surface area contributed by atoms with Crippen molar-refractivity contribution in [2.75, 3.05) is 11.9 Å². The summed E-state index contributed by atoms with van der Waals surface area (Å²) in [5.41, 5.74) is -1.90. The molecule has 0 fully saturated rings. The quantitative estimate of drug-likeness (QED) is 0.337. The van der Waals surface area contributed by atoms with Gasteiger partial charge in [0.25, 0.3) is 0 Å². The molecule has 0 radical (unpaired) electrons. The number of anilines is 1. The van der Waals surface area contributed by atoms with Gasteiger partial charge in [-0.1, -0.05) is 36.0 Å². The van der Waals surface area contributed by atoms with Gasteiger partial charge in [-0.25, -0.2) is 9.18 Å². The van der Waals surface area contributed by atoms with Crippen molar-refractivity contribution in [2.45, 2.75) is 24.9 Å². The SMILES string of the molecule is C=C1C=C(C(F)(F)F)N(C)C(=O)N1c1cc(SC(=CC)C(C)=O)c(Cl)cc1F. The van der Waals surface area contributed by atoms with Crippen LogP contribution in [0.15, 0.2) is 52.1 Å². The Bertz CT molecular complexity index is 925. The molecule has 2 amide bonds. The van der Waals surface area contributed by atoms with E-state index in [1.807, 2.05) is 0 Å². The molecule has 1 heterocycles. The summed E-state index contributed by atoms with van der Waals surface area (Å²) in [4.78, 5) is 25.8. The zero-order chi connectivity index (χ0) is 21.4. The fourth-order valence-corrected chi connectivity index (χ4v) is 3.54. The molecule has 1 aromatic rings. The van der Waals surface area contributed by atoms with E-state index in [-0.39, 0.29) is 27.1 Å². The average molecular weight is 435 g/mol. The number of amides is 2. The zero-order valence-electron chi connectivity index (χ0n) is 15.0. The van der Waals surface area contributed by atoms with Gasteiger partial charge < -0.3 is 0 Å². The largest absolute Gasteiger partial charge is 0.431 e. The smallest absolute Gasteiger partial charge is 0.294 e. The lowest BCUT2D eigenvalue weighted by Gasteiger charge is -2.35. The molecule has 1 aliphatic rings. The van der Waals surface area contributed by atoms with Crippen molar-refractivity contribution >= 4 is 40.9 Å². The van der Waals surface area contributed by atoms with Gasteiger partial charge in [-0.3, -0.25) is 14.6 Å². The van der Waals surface area contributed by atoms with E-state index >= 15 is 0 Å². The van der Waals surface area contributed by atoms with Crippen molar-refractivity contribution in [1.82, 2.24) is 4.90 Å². The minimum Gasteiger partial charge on any atom is -0.294 e. The van der Waals surface area contributed by atoms with Gasteiger partial charge in [-0.15, -0.1) is 0 Å². The molecule has 2 rings (SSSR count). The Morgan fingerprint density at radius 2 is 1.93 bits per heavy atom. The third kappa shape index (κ3) is 4.25. The molecule has 28 heavy (non-hydrogen) atoms. The number of rotatable bonds is 4. The van der Waals surface area contributed by atoms with Gasteiger partial charge in [-0.2, -0.15) is 13.2 Å². The maximum atomic E-state index is 14.5. The van der Waals surface area contributed by atoms with Crippen molar-refractivity contribution in [3.8, 4) is 0 Å². The Labute approximate surface area is 168 Å². The van der Waals surface area contributed by atoms with Crippen molar-refractivity contribution in [3.63, 3.8) is 0 Å². The van der Waals surface area contributed by atoms with E-state index in [9.17, 15) is 27.2 Å². The minimum absolute atomic E-state index is 0.0122. The van der Waals surface area contributed by atoms with Gasteiger partial charge in [0.1, 0.15) is 11.5 Å². The van der Waals surface area contributed by atoms with Crippen LogP contribution >= 0.6 is 23.4 Å². The summed E-state index contributed by atoms with van der Waals surface area (Å²) in [6.45, 7) is 6.43. The normalized spacial score (nSPS) is 15.9. The number of urea groups is 1. The van der Waals surface area contributed by atoms with Crippen molar-refractivity contribution in [1.29, 1.82) is 0 Å². The van der Waals surface area contributed by atoms with Crippen LogP contribution in [0.5, 0.6) is 0 Å². The fourth-order valence-electron chi connectivity index (χ4n) is 2.45. The van der Waals surface area contributed by atoms with E-state index in [1.165, 1.54) is 13.0 Å². The first-order valence-electron chi connectivity index (χ1n) is 7.78. The molecule has 0 unspecified atom stereocenters. The summed E-state index contributed by atoms with van der Waals surface area (Å²) in [6, 6.07) is 0.990. The lowest BCUT2D eigenvalue weighted by Crippen LogP contribution is -2.46. The number of ketones is 1. The second kappa shape index (κ2) is 8.00. The average Bonchev–Trinajstić information content (AvgIpc) is 2.57. The van der Waals surface area contributed by atoms with Gasteiger partial charge >= 0.3 is 12.2 Å². The molecule has 0 aromatic heterocycles. The first kappa shape index (κ1) is 22.0. The predicted molar refractivity (Wildman–Crippen MR) is 101 cm³/mol. The Kier molecular flexibility index (Phi) is 6.30. The lowest BCUT2D eigenvalue weighted by atomic mass is 10.2. The predicted octanol–water partition coefficient (Wildman–Crippen LogP) is 5.90. The second-order valence-corrected chi connectivity index (χ2v) is 7.23. The number of benzene rings is 1. The van der Waals surface area contributed by atoms with Crippen LogP contribution in [0.3, 0.4) is 0 Å². The monoisotopic (exact) mass is 434 g/mol. The number of carbonyl (C=O) groups excluding carboxylic acids is 2. The number of hydrogen-bond donors (Lipinski definition) is 0. The highest BCUT2D eigenvalue weighted by Crippen LogP contribution is 2.40. The summed E-state index contributed by atoms with van der Waals surface area (Å²) < 4.78 is 53.7. The minimum atomic E-state index is -4.78. The van der Waals surface area contributed by atoms with Crippen LogP contribution in [0, 0.1) is 5.82 Å². The van der Waals surface area contributed by atoms with Crippen molar-refractivity contribution in [3.05, 3.63) is 58.0 Å². The molecule has 10 heteroatoms. The number of hydrogen-bond acceptors (Lipinski definition) is 3. The molecular weight excluding hydrogens is 420 g/mol. The van der Waals surface area contributed by atoms with E-state index in [0.29, 0.717) is 20.8 Å². The van der Waals surface area contributed by atoms with Gasteiger partial charge in [0.2, 0.25) is 0 Å². The molecule has 4 nitrogen and oxygen atoms in total. The van der Waals surface area contributed by atoms with E-state index in [2.05, 4.69) is 6.58 Å². The third-order valence-electron chi connectivity index (χ3n) is 3.79. The molecule has 1 aromatic carbocycles. The van der Waals surface area contributed by atoms with Crippen LogP contribution in [-0.4, -0.2) is 29.9 Å². The Hall–Kier alpha value is -2.26. The number of alkyl halides is 3. The summed E-state index contributed by atoms with van der Waals surface area (Å²) in [5, 5.41) is -0.0122.